The Hall–Kier alpha value is -2.54. The predicted octanol–water partition coefficient (Wildman–Crippen LogP) is 3.47. The van der Waals surface area contributed by atoms with E-state index in [1.165, 1.54) is 7.11 Å². The molecule has 1 amide bonds. The molecule has 0 saturated heterocycles. The highest BCUT2D eigenvalue weighted by molar-refractivity contribution is 7.91. The van der Waals surface area contributed by atoms with E-state index in [1.54, 1.807) is 43.3 Å². The molecule has 2 aromatic rings. The minimum Gasteiger partial charge on any atom is -0.493 e. The van der Waals surface area contributed by atoms with Gasteiger partial charge in [0.25, 0.3) is 0 Å². The maximum atomic E-state index is 13.2. The van der Waals surface area contributed by atoms with Gasteiger partial charge in [-0.2, -0.15) is 0 Å². The van der Waals surface area contributed by atoms with Crippen molar-refractivity contribution >= 4 is 21.4 Å². The summed E-state index contributed by atoms with van der Waals surface area (Å²) in [6.07, 6.45) is 0.832. The summed E-state index contributed by atoms with van der Waals surface area (Å²) < 4.78 is 31.8. The van der Waals surface area contributed by atoms with E-state index in [2.05, 4.69) is 10.6 Å². The largest absolute Gasteiger partial charge is 0.493 e. The lowest BCUT2D eigenvalue weighted by Gasteiger charge is -2.17. The molecule has 1 unspecified atom stereocenters. The summed E-state index contributed by atoms with van der Waals surface area (Å²) in [6.45, 7) is 7.64. The molecule has 0 heterocycles. The third kappa shape index (κ3) is 5.04. The van der Waals surface area contributed by atoms with Crippen molar-refractivity contribution in [3.05, 3.63) is 47.5 Å². The average Bonchev–Trinajstić information content (AvgIpc) is 2.66. The van der Waals surface area contributed by atoms with Crippen molar-refractivity contribution < 1.29 is 17.9 Å². The molecule has 6 nitrogen and oxygen atoms in total. The maximum Gasteiger partial charge on any atom is 0.239 e. The first-order valence-electron chi connectivity index (χ1n) is 9.22. The molecule has 0 aromatic heterocycles. The first kappa shape index (κ1) is 21.8. The summed E-state index contributed by atoms with van der Waals surface area (Å²) in [5.74, 6) is 0.0309. The van der Waals surface area contributed by atoms with Crippen LogP contribution in [0, 0.1) is 13.8 Å². The number of hydrogen-bond acceptors (Lipinski definition) is 5. The minimum absolute atomic E-state index is 0.0220. The van der Waals surface area contributed by atoms with Crippen molar-refractivity contribution in [2.45, 2.75) is 49.9 Å². The van der Waals surface area contributed by atoms with Crippen molar-refractivity contribution in [1.29, 1.82) is 0 Å². The molecule has 2 N–H and O–H groups in total. The lowest BCUT2D eigenvalue weighted by molar-refractivity contribution is -0.120. The number of carbonyl (C=O) groups is 1. The Labute approximate surface area is 167 Å². The molecular formula is C21H28N2O4S. The van der Waals surface area contributed by atoms with E-state index in [-0.39, 0.29) is 34.0 Å². The van der Waals surface area contributed by atoms with Gasteiger partial charge in [-0.3, -0.25) is 4.79 Å². The monoisotopic (exact) mass is 404 g/mol. The lowest BCUT2D eigenvalue weighted by atomic mass is 10.2. The van der Waals surface area contributed by atoms with Gasteiger partial charge in [0.05, 0.1) is 24.2 Å². The van der Waals surface area contributed by atoms with Crippen LogP contribution in [0.3, 0.4) is 0 Å². The number of rotatable bonds is 8. The number of methoxy groups -OCH3 is 1. The van der Waals surface area contributed by atoms with Gasteiger partial charge >= 0.3 is 0 Å². The summed E-state index contributed by atoms with van der Waals surface area (Å²) >= 11 is 0. The van der Waals surface area contributed by atoms with Crippen molar-refractivity contribution in [1.82, 2.24) is 5.32 Å². The number of hydrogen-bond donors (Lipinski definition) is 2. The Morgan fingerprint density at radius 1 is 1.11 bits per heavy atom. The Kier molecular flexibility index (Phi) is 7.07. The number of nitrogens with one attached hydrogen (secondary N) is 2. The third-order valence-electron chi connectivity index (χ3n) is 4.48. The van der Waals surface area contributed by atoms with Crippen molar-refractivity contribution in [2.75, 3.05) is 19.0 Å². The van der Waals surface area contributed by atoms with E-state index in [9.17, 15) is 13.2 Å². The SMILES string of the molecule is CCC(C)NC(=O)CNc1cc(C)cc(S(=O)(=O)c2ccc(C)cc2)c1OC. The Balaban J connectivity index is 2.39. The summed E-state index contributed by atoms with van der Waals surface area (Å²) in [5.41, 5.74) is 2.19. The van der Waals surface area contributed by atoms with Crippen LogP contribution in [0.5, 0.6) is 5.75 Å². The van der Waals surface area contributed by atoms with Gasteiger partial charge < -0.3 is 15.4 Å². The summed E-state index contributed by atoms with van der Waals surface area (Å²) in [6, 6.07) is 10.1. The van der Waals surface area contributed by atoms with Crippen LogP contribution in [-0.2, 0) is 14.6 Å². The fourth-order valence-electron chi connectivity index (χ4n) is 2.73. The molecule has 0 fully saturated rings. The molecule has 0 saturated carbocycles. The number of anilines is 1. The quantitative estimate of drug-likeness (QED) is 0.704. The summed E-state index contributed by atoms with van der Waals surface area (Å²) in [4.78, 5) is 12.3. The van der Waals surface area contributed by atoms with Gasteiger partial charge in [0.15, 0.2) is 5.75 Å². The van der Waals surface area contributed by atoms with Crippen LogP contribution in [0.1, 0.15) is 31.4 Å². The molecule has 2 aromatic carbocycles. The van der Waals surface area contributed by atoms with Crippen LogP contribution in [0.4, 0.5) is 5.69 Å². The van der Waals surface area contributed by atoms with E-state index < -0.39 is 9.84 Å². The lowest BCUT2D eigenvalue weighted by Crippen LogP contribution is -2.36. The van der Waals surface area contributed by atoms with Crippen molar-refractivity contribution in [2.24, 2.45) is 0 Å². The van der Waals surface area contributed by atoms with Crippen LogP contribution in [0.2, 0.25) is 0 Å². The van der Waals surface area contributed by atoms with Crippen molar-refractivity contribution in [3.8, 4) is 5.75 Å². The zero-order valence-electron chi connectivity index (χ0n) is 17.0. The Bertz CT molecular complexity index is 938. The smallest absolute Gasteiger partial charge is 0.239 e. The number of aryl methyl sites for hydroxylation is 2. The highest BCUT2D eigenvalue weighted by atomic mass is 32.2. The zero-order valence-corrected chi connectivity index (χ0v) is 17.8. The molecule has 1 atom stereocenters. The van der Waals surface area contributed by atoms with E-state index >= 15 is 0 Å². The van der Waals surface area contributed by atoms with Gasteiger partial charge in [-0.05, 0) is 57.0 Å². The van der Waals surface area contributed by atoms with Crippen LogP contribution >= 0.6 is 0 Å². The van der Waals surface area contributed by atoms with E-state index in [0.717, 1.165) is 17.5 Å². The molecule has 28 heavy (non-hydrogen) atoms. The second-order valence-corrected chi connectivity index (χ2v) is 8.81. The maximum absolute atomic E-state index is 13.2. The molecule has 0 aliphatic carbocycles. The summed E-state index contributed by atoms with van der Waals surface area (Å²) in [5, 5.41) is 5.87. The number of amides is 1. The highest BCUT2D eigenvalue weighted by Crippen LogP contribution is 2.36. The van der Waals surface area contributed by atoms with Gasteiger partial charge in [-0.25, -0.2) is 8.42 Å². The first-order valence-corrected chi connectivity index (χ1v) is 10.7. The van der Waals surface area contributed by atoms with Crippen molar-refractivity contribution in [3.63, 3.8) is 0 Å². The van der Waals surface area contributed by atoms with Crippen LogP contribution in [0.15, 0.2) is 46.2 Å². The molecule has 152 valence electrons. The van der Waals surface area contributed by atoms with Gasteiger partial charge in [0.2, 0.25) is 15.7 Å². The molecular weight excluding hydrogens is 376 g/mol. The van der Waals surface area contributed by atoms with Gasteiger partial charge in [-0.15, -0.1) is 0 Å². The number of benzene rings is 2. The highest BCUT2D eigenvalue weighted by Gasteiger charge is 2.25. The van der Waals surface area contributed by atoms with E-state index in [0.29, 0.717) is 5.69 Å². The second kappa shape index (κ2) is 9.10. The number of ether oxygens (including phenoxy) is 1. The molecule has 2 rings (SSSR count). The van der Waals surface area contributed by atoms with E-state index in [1.807, 2.05) is 20.8 Å². The Morgan fingerprint density at radius 3 is 2.32 bits per heavy atom. The fraction of sp³-hybridized carbons (Fsp3) is 0.381. The topological polar surface area (TPSA) is 84.5 Å². The van der Waals surface area contributed by atoms with Crippen LogP contribution in [-0.4, -0.2) is 34.0 Å². The molecule has 7 heteroatoms. The van der Waals surface area contributed by atoms with Crippen LogP contribution < -0.4 is 15.4 Å². The van der Waals surface area contributed by atoms with Gasteiger partial charge in [0.1, 0.15) is 4.90 Å². The number of sulfone groups is 1. The normalized spacial score (nSPS) is 12.3. The zero-order chi connectivity index (χ0) is 20.9. The fourth-order valence-corrected chi connectivity index (χ4v) is 4.26. The minimum atomic E-state index is -3.77. The van der Waals surface area contributed by atoms with E-state index in [4.69, 9.17) is 4.74 Å². The third-order valence-corrected chi connectivity index (χ3v) is 6.26. The number of carbonyl (C=O) groups excluding carboxylic acids is 1. The van der Waals surface area contributed by atoms with Gasteiger partial charge in [0, 0.05) is 6.04 Å². The Morgan fingerprint density at radius 2 is 1.75 bits per heavy atom. The van der Waals surface area contributed by atoms with Crippen LogP contribution in [0.25, 0.3) is 0 Å². The molecule has 0 radical (unpaired) electrons. The first-order chi connectivity index (χ1) is 13.2. The molecule has 0 bridgehead atoms. The summed E-state index contributed by atoms with van der Waals surface area (Å²) in [7, 11) is -2.35. The average molecular weight is 405 g/mol. The standard InChI is InChI=1S/C21H28N2O4S/c1-6-16(4)23-20(24)13-22-18-11-15(3)12-19(21(18)27-5)28(25,26)17-9-7-14(2)8-10-17/h7-12,16,22H,6,13H2,1-5H3,(H,23,24). The molecule has 0 spiro atoms. The van der Waals surface area contributed by atoms with Gasteiger partial charge in [-0.1, -0.05) is 24.6 Å². The second-order valence-electron chi connectivity index (χ2n) is 6.89. The molecule has 0 aliphatic rings. The molecule has 0 aliphatic heterocycles. The predicted molar refractivity (Wildman–Crippen MR) is 111 cm³/mol.